The SMILES string of the molecule is Cc1csc2ncnc(N3CCN(Cc4ccccc4)CC3)c12. The summed E-state index contributed by atoms with van der Waals surface area (Å²) in [5, 5.41) is 3.41. The summed E-state index contributed by atoms with van der Waals surface area (Å²) < 4.78 is 0. The maximum atomic E-state index is 4.58. The van der Waals surface area contributed by atoms with Crippen LogP contribution in [0.4, 0.5) is 5.82 Å². The molecule has 0 spiro atoms. The molecular formula is C18H20N4S. The van der Waals surface area contributed by atoms with Crippen molar-refractivity contribution in [2.45, 2.75) is 13.5 Å². The number of benzene rings is 1. The lowest BCUT2D eigenvalue weighted by atomic mass is 10.2. The minimum Gasteiger partial charge on any atom is -0.353 e. The van der Waals surface area contributed by atoms with Crippen molar-refractivity contribution in [3.05, 3.63) is 53.2 Å². The molecule has 1 saturated heterocycles. The molecule has 4 rings (SSSR count). The summed E-state index contributed by atoms with van der Waals surface area (Å²) in [6.07, 6.45) is 1.70. The van der Waals surface area contributed by atoms with Crippen molar-refractivity contribution in [1.82, 2.24) is 14.9 Å². The van der Waals surface area contributed by atoms with Crippen LogP contribution >= 0.6 is 11.3 Å². The molecule has 0 aliphatic carbocycles. The van der Waals surface area contributed by atoms with Gasteiger partial charge in [0.2, 0.25) is 0 Å². The lowest BCUT2D eigenvalue weighted by molar-refractivity contribution is 0.249. The van der Waals surface area contributed by atoms with E-state index >= 15 is 0 Å². The van der Waals surface area contributed by atoms with Crippen molar-refractivity contribution in [2.75, 3.05) is 31.1 Å². The molecule has 3 aromatic rings. The van der Waals surface area contributed by atoms with E-state index < -0.39 is 0 Å². The van der Waals surface area contributed by atoms with E-state index in [1.165, 1.54) is 16.5 Å². The standard InChI is InChI=1S/C18H20N4S/c1-14-12-23-18-16(14)17(19-13-20-18)22-9-7-21(8-10-22)11-15-5-3-2-4-6-15/h2-6,12-13H,7-11H2,1H3. The zero-order chi connectivity index (χ0) is 15.6. The molecule has 0 saturated carbocycles. The third-order valence-electron chi connectivity index (χ3n) is 4.45. The first-order valence-corrected chi connectivity index (χ1v) is 8.89. The Morgan fingerprint density at radius 1 is 1.04 bits per heavy atom. The lowest BCUT2D eigenvalue weighted by Crippen LogP contribution is -2.46. The van der Waals surface area contributed by atoms with Crippen molar-refractivity contribution in [1.29, 1.82) is 0 Å². The number of hydrogen-bond acceptors (Lipinski definition) is 5. The van der Waals surface area contributed by atoms with Gasteiger partial charge in [-0.25, -0.2) is 9.97 Å². The Morgan fingerprint density at radius 3 is 2.61 bits per heavy atom. The van der Waals surface area contributed by atoms with Crippen molar-refractivity contribution in [3.8, 4) is 0 Å². The minimum atomic E-state index is 1.02. The number of piperazine rings is 1. The van der Waals surface area contributed by atoms with Gasteiger partial charge < -0.3 is 4.90 Å². The summed E-state index contributed by atoms with van der Waals surface area (Å²) in [5.74, 6) is 1.10. The Balaban J connectivity index is 1.48. The maximum absolute atomic E-state index is 4.58. The zero-order valence-corrected chi connectivity index (χ0v) is 14.1. The fraction of sp³-hybridized carbons (Fsp3) is 0.333. The highest BCUT2D eigenvalue weighted by atomic mass is 32.1. The normalized spacial score (nSPS) is 16.1. The number of hydrogen-bond donors (Lipinski definition) is 0. The quantitative estimate of drug-likeness (QED) is 0.740. The van der Waals surface area contributed by atoms with Gasteiger partial charge in [-0.05, 0) is 23.4 Å². The van der Waals surface area contributed by atoms with Crippen LogP contribution in [0.2, 0.25) is 0 Å². The van der Waals surface area contributed by atoms with Gasteiger partial charge in [0.05, 0.1) is 5.39 Å². The van der Waals surface area contributed by atoms with Crippen LogP contribution in [0.1, 0.15) is 11.1 Å². The van der Waals surface area contributed by atoms with Gasteiger partial charge in [-0.2, -0.15) is 0 Å². The third-order valence-corrected chi connectivity index (χ3v) is 5.46. The highest BCUT2D eigenvalue weighted by Gasteiger charge is 2.21. The van der Waals surface area contributed by atoms with Crippen molar-refractivity contribution >= 4 is 27.4 Å². The summed E-state index contributed by atoms with van der Waals surface area (Å²) in [6.45, 7) is 7.37. The van der Waals surface area contributed by atoms with E-state index in [-0.39, 0.29) is 0 Å². The van der Waals surface area contributed by atoms with E-state index in [4.69, 9.17) is 0 Å². The number of anilines is 1. The van der Waals surface area contributed by atoms with Crippen LogP contribution in [-0.4, -0.2) is 41.0 Å². The second kappa shape index (κ2) is 6.26. The molecule has 0 amide bonds. The van der Waals surface area contributed by atoms with E-state index in [0.29, 0.717) is 0 Å². The van der Waals surface area contributed by atoms with Gasteiger partial charge in [-0.3, -0.25) is 4.90 Å². The highest BCUT2D eigenvalue weighted by Crippen LogP contribution is 2.31. The Labute approximate surface area is 140 Å². The molecule has 0 unspecified atom stereocenters. The van der Waals surface area contributed by atoms with Gasteiger partial charge in [0.25, 0.3) is 0 Å². The molecule has 0 N–H and O–H groups in total. The largest absolute Gasteiger partial charge is 0.353 e. The predicted octanol–water partition coefficient (Wildman–Crippen LogP) is 3.32. The summed E-state index contributed by atoms with van der Waals surface area (Å²) in [6, 6.07) is 10.7. The Hall–Kier alpha value is -1.98. The number of thiophene rings is 1. The first-order valence-electron chi connectivity index (χ1n) is 8.01. The van der Waals surface area contributed by atoms with Crippen LogP contribution in [0, 0.1) is 6.92 Å². The summed E-state index contributed by atoms with van der Waals surface area (Å²) in [5.41, 5.74) is 2.67. The molecule has 4 nitrogen and oxygen atoms in total. The first-order chi connectivity index (χ1) is 11.3. The first kappa shape index (κ1) is 14.6. The van der Waals surface area contributed by atoms with Crippen molar-refractivity contribution in [2.24, 2.45) is 0 Å². The van der Waals surface area contributed by atoms with Gasteiger partial charge in [0.15, 0.2) is 0 Å². The van der Waals surface area contributed by atoms with Crippen LogP contribution in [0.25, 0.3) is 10.2 Å². The molecule has 1 fully saturated rings. The summed E-state index contributed by atoms with van der Waals surface area (Å²) in [4.78, 5) is 15.0. The van der Waals surface area contributed by atoms with Gasteiger partial charge in [0.1, 0.15) is 17.0 Å². The van der Waals surface area contributed by atoms with Crippen LogP contribution in [0.3, 0.4) is 0 Å². The molecule has 5 heteroatoms. The zero-order valence-electron chi connectivity index (χ0n) is 13.3. The van der Waals surface area contributed by atoms with E-state index in [9.17, 15) is 0 Å². The molecule has 1 aliphatic heterocycles. The molecule has 0 bridgehead atoms. The molecular weight excluding hydrogens is 304 g/mol. The maximum Gasteiger partial charge on any atom is 0.141 e. The van der Waals surface area contributed by atoms with Gasteiger partial charge >= 0.3 is 0 Å². The Kier molecular flexibility index (Phi) is 3.97. The summed E-state index contributed by atoms with van der Waals surface area (Å²) in [7, 11) is 0. The second-order valence-electron chi connectivity index (χ2n) is 6.04. The minimum absolute atomic E-state index is 1.02. The lowest BCUT2D eigenvalue weighted by Gasteiger charge is -2.35. The highest BCUT2D eigenvalue weighted by molar-refractivity contribution is 7.17. The molecule has 1 aliphatic rings. The van der Waals surface area contributed by atoms with Gasteiger partial charge in [-0.1, -0.05) is 30.3 Å². The fourth-order valence-corrected chi connectivity index (χ4v) is 4.08. The molecule has 2 aromatic heterocycles. The average Bonchev–Trinajstić information content (AvgIpc) is 2.98. The molecule has 0 radical (unpaired) electrons. The Morgan fingerprint density at radius 2 is 1.83 bits per heavy atom. The van der Waals surface area contributed by atoms with Crippen LogP contribution in [-0.2, 0) is 6.54 Å². The molecule has 1 aromatic carbocycles. The van der Waals surface area contributed by atoms with E-state index in [1.807, 2.05) is 0 Å². The van der Waals surface area contributed by atoms with Crippen LogP contribution in [0.5, 0.6) is 0 Å². The monoisotopic (exact) mass is 324 g/mol. The number of fused-ring (bicyclic) bond motifs is 1. The molecule has 0 atom stereocenters. The summed E-state index contributed by atoms with van der Waals surface area (Å²) >= 11 is 1.71. The molecule has 3 heterocycles. The predicted molar refractivity (Wildman–Crippen MR) is 96.1 cm³/mol. The average molecular weight is 324 g/mol. The van der Waals surface area contributed by atoms with Crippen molar-refractivity contribution < 1.29 is 0 Å². The molecule has 23 heavy (non-hydrogen) atoms. The number of aryl methyl sites for hydroxylation is 1. The van der Waals surface area contributed by atoms with Crippen LogP contribution < -0.4 is 4.90 Å². The van der Waals surface area contributed by atoms with Crippen molar-refractivity contribution in [3.63, 3.8) is 0 Å². The van der Waals surface area contributed by atoms with Gasteiger partial charge in [-0.15, -0.1) is 11.3 Å². The van der Waals surface area contributed by atoms with E-state index in [0.717, 1.165) is 43.4 Å². The van der Waals surface area contributed by atoms with E-state index in [1.54, 1.807) is 17.7 Å². The van der Waals surface area contributed by atoms with Gasteiger partial charge in [0, 0.05) is 32.7 Å². The second-order valence-corrected chi connectivity index (χ2v) is 6.90. The topological polar surface area (TPSA) is 32.3 Å². The van der Waals surface area contributed by atoms with E-state index in [2.05, 4.69) is 62.4 Å². The van der Waals surface area contributed by atoms with Crippen LogP contribution in [0.15, 0.2) is 42.0 Å². The fourth-order valence-electron chi connectivity index (χ4n) is 3.20. The number of nitrogens with zero attached hydrogens (tertiary/aromatic N) is 4. The number of aromatic nitrogens is 2. The number of rotatable bonds is 3. The molecule has 118 valence electrons. The smallest absolute Gasteiger partial charge is 0.141 e. The third kappa shape index (κ3) is 2.94. The Bertz CT molecular complexity index is 791.